The standard InChI is InChI=1S/C22H33N3O2/c1-16-20-13-19(27-2)7-8-21(20)23-22(16)15-24-10-11-25(17-5-3-4-6-17)18(14-24)9-12-26/h7-8,13,17-18,23,26H,3-6,9-12,14-15H2,1-2H3/t18-/m1/s1. The molecular formula is C22H33N3O2. The number of aliphatic hydroxyl groups excluding tert-OH is 1. The second kappa shape index (κ2) is 8.21. The molecule has 0 spiro atoms. The highest BCUT2D eigenvalue weighted by molar-refractivity contribution is 5.85. The van der Waals surface area contributed by atoms with Crippen LogP contribution in [0.2, 0.25) is 0 Å². The molecule has 1 saturated carbocycles. The first-order valence-electron chi connectivity index (χ1n) is 10.4. The molecule has 0 bridgehead atoms. The fourth-order valence-corrected chi connectivity index (χ4v) is 5.07. The molecule has 0 amide bonds. The number of nitrogens with one attached hydrogen (secondary N) is 1. The number of piperazine rings is 1. The number of rotatable bonds is 6. The highest BCUT2D eigenvalue weighted by atomic mass is 16.5. The minimum atomic E-state index is 0.285. The molecule has 2 aliphatic rings. The van der Waals surface area contributed by atoms with Crippen LogP contribution in [0.25, 0.3) is 10.9 Å². The van der Waals surface area contributed by atoms with Gasteiger partial charge in [-0.2, -0.15) is 0 Å². The van der Waals surface area contributed by atoms with Crippen molar-refractivity contribution in [2.75, 3.05) is 33.4 Å². The van der Waals surface area contributed by atoms with Crippen LogP contribution in [0.4, 0.5) is 0 Å². The number of hydrogen-bond donors (Lipinski definition) is 2. The lowest BCUT2D eigenvalue weighted by Gasteiger charge is -2.44. The van der Waals surface area contributed by atoms with E-state index in [9.17, 15) is 5.11 Å². The number of benzene rings is 1. The van der Waals surface area contributed by atoms with Crippen molar-refractivity contribution in [2.24, 2.45) is 0 Å². The third-order valence-corrected chi connectivity index (χ3v) is 6.62. The lowest BCUT2D eigenvalue weighted by Crippen LogP contribution is -2.56. The van der Waals surface area contributed by atoms with Crippen LogP contribution in [0, 0.1) is 6.92 Å². The number of methoxy groups -OCH3 is 1. The van der Waals surface area contributed by atoms with Gasteiger partial charge in [-0.15, -0.1) is 0 Å². The predicted octanol–water partition coefficient (Wildman–Crippen LogP) is 3.30. The molecule has 5 heteroatoms. The van der Waals surface area contributed by atoms with Crippen LogP contribution in [0.5, 0.6) is 5.75 Å². The second-order valence-electron chi connectivity index (χ2n) is 8.22. The summed E-state index contributed by atoms with van der Waals surface area (Å²) in [5.41, 5.74) is 3.80. The molecule has 4 rings (SSSR count). The van der Waals surface area contributed by atoms with Gasteiger partial charge in [0.25, 0.3) is 0 Å². The number of ether oxygens (including phenoxy) is 1. The summed E-state index contributed by atoms with van der Waals surface area (Å²) >= 11 is 0. The number of nitrogens with zero attached hydrogens (tertiary/aromatic N) is 2. The number of aromatic nitrogens is 1. The van der Waals surface area contributed by atoms with Crippen molar-refractivity contribution < 1.29 is 9.84 Å². The fourth-order valence-electron chi connectivity index (χ4n) is 5.07. The zero-order chi connectivity index (χ0) is 18.8. The van der Waals surface area contributed by atoms with E-state index in [1.807, 2.05) is 6.07 Å². The van der Waals surface area contributed by atoms with E-state index < -0.39 is 0 Å². The van der Waals surface area contributed by atoms with Crippen LogP contribution in [-0.2, 0) is 6.54 Å². The van der Waals surface area contributed by atoms with Gasteiger partial charge in [0.05, 0.1) is 7.11 Å². The van der Waals surface area contributed by atoms with E-state index >= 15 is 0 Å². The quantitative estimate of drug-likeness (QED) is 0.818. The molecule has 1 aliphatic carbocycles. The molecule has 27 heavy (non-hydrogen) atoms. The molecule has 0 unspecified atom stereocenters. The average molecular weight is 372 g/mol. The SMILES string of the molecule is COc1ccc2[nH]c(CN3CCN(C4CCCC4)[C@H](CCO)C3)c(C)c2c1. The van der Waals surface area contributed by atoms with E-state index in [0.29, 0.717) is 6.04 Å². The first-order valence-corrected chi connectivity index (χ1v) is 10.4. The normalized spacial score (nSPS) is 22.7. The average Bonchev–Trinajstić information content (AvgIpc) is 3.31. The van der Waals surface area contributed by atoms with Gasteiger partial charge in [0.2, 0.25) is 0 Å². The zero-order valence-electron chi connectivity index (χ0n) is 16.7. The van der Waals surface area contributed by atoms with Crippen LogP contribution >= 0.6 is 0 Å². The number of aliphatic hydroxyl groups is 1. The predicted molar refractivity (Wildman–Crippen MR) is 109 cm³/mol. The summed E-state index contributed by atoms with van der Waals surface area (Å²) in [4.78, 5) is 8.87. The van der Waals surface area contributed by atoms with Gasteiger partial charge in [-0.1, -0.05) is 12.8 Å². The Hall–Kier alpha value is -1.56. The van der Waals surface area contributed by atoms with Crippen molar-refractivity contribution in [2.45, 2.75) is 57.7 Å². The lowest BCUT2D eigenvalue weighted by atomic mass is 10.0. The van der Waals surface area contributed by atoms with Gasteiger partial charge in [0.15, 0.2) is 0 Å². The molecule has 2 fully saturated rings. The Bertz CT molecular complexity index is 766. The minimum absolute atomic E-state index is 0.285. The molecule has 1 aromatic carbocycles. The Kier molecular flexibility index (Phi) is 5.71. The maximum Gasteiger partial charge on any atom is 0.119 e. The molecule has 1 saturated heterocycles. The summed E-state index contributed by atoms with van der Waals surface area (Å²) in [7, 11) is 1.72. The lowest BCUT2D eigenvalue weighted by molar-refractivity contribution is 0.0263. The van der Waals surface area contributed by atoms with Crippen molar-refractivity contribution in [1.82, 2.24) is 14.8 Å². The molecule has 148 valence electrons. The molecule has 1 aromatic heterocycles. The molecule has 2 N–H and O–H groups in total. The number of fused-ring (bicyclic) bond motifs is 1. The Morgan fingerprint density at radius 3 is 2.78 bits per heavy atom. The fraction of sp³-hybridized carbons (Fsp3) is 0.636. The van der Waals surface area contributed by atoms with Crippen LogP contribution in [0.1, 0.15) is 43.4 Å². The molecule has 0 radical (unpaired) electrons. The molecule has 1 aliphatic heterocycles. The van der Waals surface area contributed by atoms with E-state index in [1.54, 1.807) is 7.11 Å². The number of H-pyrrole nitrogens is 1. The van der Waals surface area contributed by atoms with Crippen LogP contribution in [0.15, 0.2) is 18.2 Å². The maximum atomic E-state index is 9.58. The summed E-state index contributed by atoms with van der Waals surface area (Å²) in [5.74, 6) is 0.907. The minimum Gasteiger partial charge on any atom is -0.497 e. The van der Waals surface area contributed by atoms with Gasteiger partial charge in [-0.05, 0) is 49.9 Å². The third kappa shape index (κ3) is 3.86. The van der Waals surface area contributed by atoms with Crippen molar-refractivity contribution in [3.8, 4) is 5.75 Å². The molecule has 2 heterocycles. The number of aromatic amines is 1. The van der Waals surface area contributed by atoms with Crippen molar-refractivity contribution >= 4 is 10.9 Å². The van der Waals surface area contributed by atoms with Gasteiger partial charge in [-0.25, -0.2) is 0 Å². The summed E-state index contributed by atoms with van der Waals surface area (Å²) in [6.45, 7) is 6.72. The topological polar surface area (TPSA) is 51.7 Å². The first-order chi connectivity index (χ1) is 13.2. The molecule has 2 aromatic rings. The summed E-state index contributed by atoms with van der Waals surface area (Å²) in [6.07, 6.45) is 6.30. The van der Waals surface area contributed by atoms with Crippen molar-refractivity contribution in [3.63, 3.8) is 0 Å². The Morgan fingerprint density at radius 1 is 1.22 bits per heavy atom. The van der Waals surface area contributed by atoms with E-state index in [4.69, 9.17) is 4.74 Å². The molecule has 5 nitrogen and oxygen atoms in total. The Balaban J connectivity index is 1.48. The Labute approximate surface area is 162 Å². The molecule has 1 atom stereocenters. The number of hydrogen-bond acceptors (Lipinski definition) is 4. The van der Waals surface area contributed by atoms with Gasteiger partial charge in [0.1, 0.15) is 5.75 Å². The van der Waals surface area contributed by atoms with Crippen LogP contribution in [0.3, 0.4) is 0 Å². The van der Waals surface area contributed by atoms with E-state index in [1.165, 1.54) is 47.8 Å². The van der Waals surface area contributed by atoms with Crippen molar-refractivity contribution in [1.29, 1.82) is 0 Å². The summed E-state index contributed by atoms with van der Waals surface area (Å²) in [6, 6.07) is 7.47. The Morgan fingerprint density at radius 2 is 2.04 bits per heavy atom. The van der Waals surface area contributed by atoms with Crippen molar-refractivity contribution in [3.05, 3.63) is 29.5 Å². The van der Waals surface area contributed by atoms with E-state index in [-0.39, 0.29) is 6.61 Å². The zero-order valence-corrected chi connectivity index (χ0v) is 16.7. The molecular weight excluding hydrogens is 338 g/mol. The number of aryl methyl sites for hydroxylation is 1. The smallest absolute Gasteiger partial charge is 0.119 e. The first kappa shape index (κ1) is 18.8. The second-order valence-corrected chi connectivity index (χ2v) is 8.22. The van der Waals surface area contributed by atoms with Gasteiger partial charge in [-0.3, -0.25) is 9.80 Å². The largest absolute Gasteiger partial charge is 0.497 e. The van der Waals surface area contributed by atoms with Crippen LogP contribution < -0.4 is 4.74 Å². The monoisotopic (exact) mass is 371 g/mol. The third-order valence-electron chi connectivity index (χ3n) is 6.62. The summed E-state index contributed by atoms with van der Waals surface area (Å²) in [5, 5.41) is 10.8. The van der Waals surface area contributed by atoms with E-state index in [0.717, 1.165) is 44.4 Å². The highest BCUT2D eigenvalue weighted by Gasteiger charge is 2.33. The van der Waals surface area contributed by atoms with Gasteiger partial charge >= 0.3 is 0 Å². The maximum absolute atomic E-state index is 9.58. The van der Waals surface area contributed by atoms with Crippen LogP contribution in [-0.4, -0.2) is 65.3 Å². The summed E-state index contributed by atoms with van der Waals surface area (Å²) < 4.78 is 5.38. The van der Waals surface area contributed by atoms with Gasteiger partial charge in [0, 0.05) is 61.5 Å². The highest BCUT2D eigenvalue weighted by Crippen LogP contribution is 2.30. The van der Waals surface area contributed by atoms with E-state index in [2.05, 4.69) is 33.8 Å². The van der Waals surface area contributed by atoms with Gasteiger partial charge < -0.3 is 14.8 Å².